The van der Waals surface area contributed by atoms with Gasteiger partial charge in [-0.3, -0.25) is 29.1 Å². The molecule has 0 N–H and O–H groups in total. The fourth-order valence-corrected chi connectivity index (χ4v) is 6.12. The zero-order chi connectivity index (χ0) is 29.6. The van der Waals surface area contributed by atoms with E-state index in [1.807, 2.05) is 0 Å². The molecule has 6 rings (SSSR count). The second kappa shape index (κ2) is 11.6. The third-order valence-corrected chi connectivity index (χ3v) is 8.19. The van der Waals surface area contributed by atoms with Gasteiger partial charge in [0.25, 0.3) is 16.8 Å². The summed E-state index contributed by atoms with van der Waals surface area (Å²) in [4.78, 5) is 35.0. The van der Waals surface area contributed by atoms with Gasteiger partial charge < -0.3 is 0 Å². The maximum absolute atomic E-state index is 14.6. The van der Waals surface area contributed by atoms with Gasteiger partial charge in [0.2, 0.25) is 11.9 Å². The zero-order valence-electron chi connectivity index (χ0n) is 21.2. The molecule has 0 unspecified atom stereocenters. The summed E-state index contributed by atoms with van der Waals surface area (Å²) in [6.07, 6.45) is 3.30. The molecule has 0 aliphatic carbocycles. The van der Waals surface area contributed by atoms with E-state index in [1.54, 1.807) is 12.1 Å². The summed E-state index contributed by atoms with van der Waals surface area (Å²) < 4.78 is 34.3. The van der Waals surface area contributed by atoms with Crippen molar-refractivity contribution >= 4 is 52.1 Å². The molecule has 0 amide bonds. The van der Waals surface area contributed by atoms with Crippen molar-refractivity contribution in [1.82, 2.24) is 18.7 Å². The van der Waals surface area contributed by atoms with Crippen LogP contribution in [0.2, 0.25) is 20.1 Å². The van der Waals surface area contributed by atoms with Crippen molar-refractivity contribution in [3.63, 3.8) is 0 Å². The van der Waals surface area contributed by atoms with Gasteiger partial charge in [-0.25, -0.2) is 9.36 Å². The maximum Gasteiger partial charge on any atom is 0.288 e. The van der Waals surface area contributed by atoms with Crippen molar-refractivity contribution in [2.75, 3.05) is 0 Å². The summed E-state index contributed by atoms with van der Waals surface area (Å²) in [6.45, 7) is 1.85. The summed E-state index contributed by atoms with van der Waals surface area (Å²) >= 11 is 23.7. The molecule has 15 heteroatoms. The third kappa shape index (κ3) is 5.31. The minimum Gasteiger partial charge on any atom is -0.267 e. The summed E-state index contributed by atoms with van der Waals surface area (Å²) in [6, 6.07) is 6.88. The number of nitro groups is 1. The van der Waals surface area contributed by atoms with Crippen LogP contribution in [0, 0.1) is 22.0 Å². The monoisotopic (exact) mass is 645 g/mol. The van der Waals surface area contributed by atoms with E-state index in [-0.39, 0.29) is 37.3 Å². The van der Waals surface area contributed by atoms with Crippen LogP contribution in [0.1, 0.15) is 25.7 Å². The minimum absolute atomic E-state index is 0.00449. The van der Waals surface area contributed by atoms with Gasteiger partial charge in [0.15, 0.2) is 0 Å². The molecule has 0 radical (unpaired) electrons. The van der Waals surface area contributed by atoms with Crippen LogP contribution < -0.4 is 11.1 Å². The summed E-state index contributed by atoms with van der Waals surface area (Å²) in [5, 5.41) is 11.5. The van der Waals surface area contributed by atoms with Gasteiger partial charge in [-0.2, -0.15) is 8.78 Å². The number of benzene rings is 2. The van der Waals surface area contributed by atoms with Crippen LogP contribution in [-0.2, 0) is 26.2 Å². The first-order valence-corrected chi connectivity index (χ1v) is 14.1. The maximum atomic E-state index is 14.6. The van der Waals surface area contributed by atoms with E-state index in [1.165, 1.54) is 24.8 Å². The van der Waals surface area contributed by atoms with Crippen LogP contribution in [0.5, 0.6) is 0 Å². The first-order valence-electron chi connectivity index (χ1n) is 12.6. The van der Waals surface area contributed by atoms with Gasteiger partial charge >= 0.3 is 0 Å². The predicted molar refractivity (Wildman–Crippen MR) is 153 cm³/mol. The van der Waals surface area contributed by atoms with E-state index in [0.717, 1.165) is 37.8 Å². The molecule has 41 heavy (non-hydrogen) atoms. The van der Waals surface area contributed by atoms with E-state index in [0.29, 0.717) is 36.8 Å². The number of halogens is 6. The smallest absolute Gasteiger partial charge is 0.267 e. The second-order valence-electron chi connectivity index (χ2n) is 9.51. The summed E-state index contributed by atoms with van der Waals surface area (Å²) in [5.41, 5.74) is -1.15. The SMILES string of the molecule is O=c1c(-c2cc([N+](=O)[O-])c(Cl)cc2Cl)c(F)n2n1CCCC2.O=c1c(-c2ccc(Cl)cc2Cl)c(F)n2n1CCCC2. The molecule has 4 aromatic rings. The Morgan fingerprint density at radius 3 is 1.59 bits per heavy atom. The summed E-state index contributed by atoms with van der Waals surface area (Å²) in [5.74, 6) is -1.25. The average Bonchev–Trinajstić information content (AvgIpc) is 3.34. The first-order chi connectivity index (χ1) is 19.5. The number of nitro benzene ring substituents is 1. The largest absolute Gasteiger partial charge is 0.288 e. The number of rotatable bonds is 3. The molecular formula is C26H21Cl4F2N5O4. The first kappa shape index (κ1) is 29.4. The molecule has 0 saturated carbocycles. The van der Waals surface area contributed by atoms with Crippen molar-refractivity contribution in [1.29, 1.82) is 0 Å². The lowest BCUT2D eigenvalue weighted by molar-refractivity contribution is -0.384. The lowest BCUT2D eigenvalue weighted by atomic mass is 10.1. The van der Waals surface area contributed by atoms with Crippen LogP contribution >= 0.6 is 46.4 Å². The average molecular weight is 647 g/mol. The molecule has 216 valence electrons. The van der Waals surface area contributed by atoms with Crippen LogP contribution in [-0.4, -0.2) is 23.7 Å². The topological polar surface area (TPSA) is 97.0 Å². The van der Waals surface area contributed by atoms with E-state index in [2.05, 4.69) is 0 Å². The van der Waals surface area contributed by atoms with Crippen molar-refractivity contribution in [3.8, 4) is 22.3 Å². The number of hydrogen-bond acceptors (Lipinski definition) is 4. The zero-order valence-corrected chi connectivity index (χ0v) is 24.2. The highest BCUT2D eigenvalue weighted by Gasteiger charge is 2.28. The van der Waals surface area contributed by atoms with E-state index in [9.17, 15) is 28.5 Å². The van der Waals surface area contributed by atoms with E-state index >= 15 is 0 Å². The molecular weight excluding hydrogens is 626 g/mol. The van der Waals surface area contributed by atoms with Gasteiger partial charge in [0.1, 0.15) is 16.1 Å². The Kier molecular flexibility index (Phi) is 8.34. The highest BCUT2D eigenvalue weighted by Crippen LogP contribution is 2.37. The highest BCUT2D eigenvalue weighted by molar-refractivity contribution is 6.37. The van der Waals surface area contributed by atoms with Gasteiger partial charge in [-0.05, 0) is 43.9 Å². The molecule has 4 heterocycles. The van der Waals surface area contributed by atoms with Gasteiger partial charge in [-0.15, -0.1) is 0 Å². The minimum atomic E-state index is -0.733. The van der Waals surface area contributed by atoms with E-state index in [4.69, 9.17) is 46.4 Å². The predicted octanol–water partition coefficient (Wildman–Crippen LogP) is 7.02. The van der Waals surface area contributed by atoms with Crippen molar-refractivity contribution in [3.05, 3.63) is 93.1 Å². The van der Waals surface area contributed by atoms with Crippen molar-refractivity contribution < 1.29 is 13.7 Å². The molecule has 0 atom stereocenters. The Balaban J connectivity index is 0.000000166. The molecule has 9 nitrogen and oxygen atoms in total. The Bertz CT molecular complexity index is 1810. The lowest BCUT2D eigenvalue weighted by Gasteiger charge is -2.16. The second-order valence-corrected chi connectivity index (χ2v) is 11.2. The quantitative estimate of drug-likeness (QED) is 0.176. The fourth-order valence-electron chi connectivity index (χ4n) is 5.07. The lowest BCUT2D eigenvalue weighted by Crippen LogP contribution is -2.27. The van der Waals surface area contributed by atoms with Crippen molar-refractivity contribution in [2.24, 2.45) is 0 Å². The van der Waals surface area contributed by atoms with Gasteiger partial charge in [0.05, 0.1) is 15.0 Å². The third-order valence-electron chi connectivity index (χ3n) is 7.03. The molecule has 2 aromatic heterocycles. The fraction of sp³-hybridized carbons (Fsp3) is 0.308. The Labute approximate surface area is 251 Å². The Morgan fingerprint density at radius 2 is 1.12 bits per heavy atom. The molecule has 0 spiro atoms. The number of fused-ring (bicyclic) bond motifs is 2. The normalized spacial score (nSPS) is 14.2. The van der Waals surface area contributed by atoms with Crippen LogP contribution in [0.3, 0.4) is 0 Å². The van der Waals surface area contributed by atoms with E-state index < -0.39 is 28.1 Å². The number of aromatic nitrogens is 4. The standard InChI is InChI=1S/C13H10Cl2FN3O3.C13H11Cl2FN2O/c14-8-6-9(15)10(19(21)22)5-7(8)11-12(16)17-3-1-2-4-18(17)13(11)20;14-8-3-4-9(10(15)7-8)11-12(16)17-5-1-2-6-18(17)13(11)19/h5-6H,1-4H2;3-4,7H,1-2,5-6H2. The highest BCUT2D eigenvalue weighted by atomic mass is 35.5. The summed E-state index contributed by atoms with van der Waals surface area (Å²) in [7, 11) is 0. The number of nitrogens with zero attached hydrogens (tertiary/aromatic N) is 5. The molecule has 2 aliphatic heterocycles. The molecule has 2 aromatic carbocycles. The van der Waals surface area contributed by atoms with Crippen molar-refractivity contribution in [2.45, 2.75) is 51.9 Å². The molecule has 0 fully saturated rings. The Morgan fingerprint density at radius 1 is 0.659 bits per heavy atom. The molecule has 2 aliphatic rings. The molecule has 0 saturated heterocycles. The number of hydrogen-bond donors (Lipinski definition) is 0. The van der Waals surface area contributed by atoms with Gasteiger partial charge in [0, 0.05) is 48.4 Å². The molecule has 0 bridgehead atoms. The van der Waals surface area contributed by atoms with Gasteiger partial charge in [-0.1, -0.05) is 52.5 Å². The van der Waals surface area contributed by atoms with Crippen LogP contribution in [0.15, 0.2) is 39.9 Å². The van der Waals surface area contributed by atoms with Crippen LogP contribution in [0.4, 0.5) is 14.5 Å². The Hall–Kier alpha value is -3.12. The van der Waals surface area contributed by atoms with Crippen LogP contribution in [0.25, 0.3) is 22.3 Å².